The van der Waals surface area contributed by atoms with E-state index in [4.69, 9.17) is 6.42 Å². The van der Waals surface area contributed by atoms with Gasteiger partial charge in [-0.2, -0.15) is 0 Å². The molecule has 3 nitrogen and oxygen atoms in total. The molecule has 0 fully saturated rings. The molecule has 72 valence electrons. The molecule has 0 saturated heterocycles. The predicted octanol–water partition coefficient (Wildman–Crippen LogP) is 1.76. The Morgan fingerprint density at radius 3 is 2.79 bits per heavy atom. The maximum Gasteiger partial charge on any atom is 0.321 e. The largest absolute Gasteiger partial charge is 0.331 e. The number of nitrogens with one attached hydrogen (secondary N) is 1. The second-order valence-electron chi connectivity index (χ2n) is 3.05. The molecule has 1 rings (SSSR count). The number of benzene rings is 1. The quantitative estimate of drug-likeness (QED) is 0.669. The monoisotopic (exact) mass is 188 g/mol. The van der Waals surface area contributed by atoms with Gasteiger partial charge in [-0.25, -0.2) is 4.79 Å². The number of nitrogens with zero attached hydrogens (tertiary/aromatic N) is 1. The number of hydrogen-bond donors (Lipinski definition) is 1. The minimum Gasteiger partial charge on any atom is -0.331 e. The SMILES string of the molecule is C#Cc1cccc(NC(=O)N(C)C)c1. The number of hydrogen-bond acceptors (Lipinski definition) is 1. The zero-order chi connectivity index (χ0) is 10.6. The Labute approximate surface area is 83.7 Å². The Kier molecular flexibility index (Phi) is 3.14. The molecule has 0 aliphatic heterocycles. The van der Waals surface area contributed by atoms with E-state index in [0.717, 1.165) is 5.56 Å². The second-order valence-corrected chi connectivity index (χ2v) is 3.05. The van der Waals surface area contributed by atoms with Crippen molar-refractivity contribution in [3.05, 3.63) is 29.8 Å². The highest BCUT2D eigenvalue weighted by molar-refractivity contribution is 5.89. The molecule has 0 saturated carbocycles. The summed E-state index contributed by atoms with van der Waals surface area (Å²) in [5.41, 5.74) is 1.46. The molecule has 0 radical (unpaired) electrons. The molecule has 0 aromatic heterocycles. The molecule has 1 aromatic carbocycles. The molecule has 0 spiro atoms. The first-order valence-electron chi connectivity index (χ1n) is 4.18. The van der Waals surface area contributed by atoms with E-state index in [1.165, 1.54) is 4.90 Å². The topological polar surface area (TPSA) is 32.3 Å². The van der Waals surface area contributed by atoms with Crippen molar-refractivity contribution in [3.8, 4) is 12.3 Å². The van der Waals surface area contributed by atoms with Crippen molar-refractivity contribution in [2.24, 2.45) is 0 Å². The van der Waals surface area contributed by atoms with Crippen LogP contribution in [0.5, 0.6) is 0 Å². The third kappa shape index (κ3) is 2.53. The molecule has 0 aliphatic rings. The molecular formula is C11H12N2O. The van der Waals surface area contributed by atoms with Gasteiger partial charge < -0.3 is 10.2 Å². The van der Waals surface area contributed by atoms with Crippen LogP contribution in [0.15, 0.2) is 24.3 Å². The van der Waals surface area contributed by atoms with Crippen molar-refractivity contribution >= 4 is 11.7 Å². The van der Waals surface area contributed by atoms with Crippen LogP contribution in [0, 0.1) is 12.3 Å². The predicted molar refractivity (Wildman–Crippen MR) is 57.1 cm³/mol. The average Bonchev–Trinajstić information content (AvgIpc) is 2.18. The molecule has 14 heavy (non-hydrogen) atoms. The van der Waals surface area contributed by atoms with E-state index in [1.54, 1.807) is 32.3 Å². The van der Waals surface area contributed by atoms with Crippen molar-refractivity contribution < 1.29 is 4.79 Å². The lowest BCUT2D eigenvalue weighted by Gasteiger charge is -2.11. The van der Waals surface area contributed by atoms with Crippen LogP contribution in [0.4, 0.5) is 10.5 Å². The zero-order valence-electron chi connectivity index (χ0n) is 8.24. The van der Waals surface area contributed by atoms with Gasteiger partial charge in [0, 0.05) is 25.3 Å². The third-order valence-electron chi connectivity index (χ3n) is 1.69. The maximum atomic E-state index is 11.3. The summed E-state index contributed by atoms with van der Waals surface area (Å²) < 4.78 is 0. The zero-order valence-corrected chi connectivity index (χ0v) is 8.24. The maximum absolute atomic E-state index is 11.3. The van der Waals surface area contributed by atoms with Crippen LogP contribution in [0.1, 0.15) is 5.56 Å². The summed E-state index contributed by atoms with van der Waals surface area (Å²) in [6.45, 7) is 0. The van der Waals surface area contributed by atoms with Crippen LogP contribution in [-0.2, 0) is 0 Å². The minimum atomic E-state index is -0.167. The molecule has 0 aliphatic carbocycles. The molecule has 0 heterocycles. The van der Waals surface area contributed by atoms with Gasteiger partial charge >= 0.3 is 6.03 Å². The van der Waals surface area contributed by atoms with Crippen molar-refractivity contribution in [1.82, 2.24) is 4.90 Å². The van der Waals surface area contributed by atoms with Gasteiger partial charge in [-0.05, 0) is 18.2 Å². The fourth-order valence-electron chi connectivity index (χ4n) is 0.922. The molecule has 0 atom stereocenters. The van der Waals surface area contributed by atoms with E-state index in [0.29, 0.717) is 5.69 Å². The molecule has 1 aromatic rings. The number of urea groups is 1. The van der Waals surface area contributed by atoms with Gasteiger partial charge in [0.15, 0.2) is 0 Å². The number of anilines is 1. The Bertz CT molecular complexity index is 377. The van der Waals surface area contributed by atoms with Gasteiger partial charge in [-0.3, -0.25) is 0 Å². The van der Waals surface area contributed by atoms with Crippen LogP contribution in [0.3, 0.4) is 0 Å². The number of amides is 2. The smallest absolute Gasteiger partial charge is 0.321 e. The Hall–Kier alpha value is -1.95. The summed E-state index contributed by atoms with van der Waals surface area (Å²) in [5.74, 6) is 2.50. The van der Waals surface area contributed by atoms with E-state index in [-0.39, 0.29) is 6.03 Å². The summed E-state index contributed by atoms with van der Waals surface area (Å²) in [4.78, 5) is 12.7. The molecule has 3 heteroatoms. The van der Waals surface area contributed by atoms with Gasteiger partial charge in [-0.15, -0.1) is 6.42 Å². The Morgan fingerprint density at radius 2 is 2.21 bits per heavy atom. The first kappa shape index (κ1) is 10.1. The molecule has 2 amide bonds. The number of carbonyl (C=O) groups is 1. The van der Waals surface area contributed by atoms with Crippen LogP contribution >= 0.6 is 0 Å². The van der Waals surface area contributed by atoms with Gasteiger partial charge in [0.25, 0.3) is 0 Å². The Morgan fingerprint density at radius 1 is 1.50 bits per heavy atom. The van der Waals surface area contributed by atoms with E-state index < -0.39 is 0 Å². The molecule has 0 bridgehead atoms. The average molecular weight is 188 g/mol. The van der Waals surface area contributed by atoms with Crippen molar-refractivity contribution in [3.63, 3.8) is 0 Å². The summed E-state index contributed by atoms with van der Waals surface area (Å²) in [6.07, 6.45) is 5.24. The van der Waals surface area contributed by atoms with Crippen molar-refractivity contribution in [1.29, 1.82) is 0 Å². The van der Waals surface area contributed by atoms with E-state index >= 15 is 0 Å². The fraction of sp³-hybridized carbons (Fsp3) is 0.182. The Balaban J connectivity index is 2.78. The molecular weight excluding hydrogens is 176 g/mol. The number of rotatable bonds is 1. The summed E-state index contributed by atoms with van der Waals surface area (Å²) in [7, 11) is 3.36. The highest BCUT2D eigenvalue weighted by atomic mass is 16.2. The van der Waals surface area contributed by atoms with Gasteiger partial charge in [-0.1, -0.05) is 12.0 Å². The van der Waals surface area contributed by atoms with Crippen molar-refractivity contribution in [2.45, 2.75) is 0 Å². The van der Waals surface area contributed by atoms with Crippen LogP contribution in [0.25, 0.3) is 0 Å². The van der Waals surface area contributed by atoms with Gasteiger partial charge in [0.1, 0.15) is 0 Å². The fourth-order valence-corrected chi connectivity index (χ4v) is 0.922. The lowest BCUT2D eigenvalue weighted by molar-refractivity contribution is 0.230. The van der Waals surface area contributed by atoms with Crippen LogP contribution in [0.2, 0.25) is 0 Å². The number of terminal acetylenes is 1. The van der Waals surface area contributed by atoms with Crippen LogP contribution in [-0.4, -0.2) is 25.0 Å². The van der Waals surface area contributed by atoms with Crippen molar-refractivity contribution in [2.75, 3.05) is 19.4 Å². The molecule has 0 unspecified atom stereocenters. The lowest BCUT2D eigenvalue weighted by Crippen LogP contribution is -2.27. The second kappa shape index (κ2) is 4.33. The highest BCUT2D eigenvalue weighted by Gasteiger charge is 2.02. The van der Waals surface area contributed by atoms with E-state index in [2.05, 4.69) is 11.2 Å². The lowest BCUT2D eigenvalue weighted by atomic mass is 10.2. The number of carbonyl (C=O) groups excluding carboxylic acids is 1. The first-order valence-corrected chi connectivity index (χ1v) is 4.18. The van der Waals surface area contributed by atoms with Gasteiger partial charge in [0.05, 0.1) is 0 Å². The summed E-state index contributed by atoms with van der Waals surface area (Å²) in [6, 6.07) is 6.99. The standard InChI is InChI=1S/C11H12N2O/c1-4-9-6-5-7-10(8-9)12-11(14)13(2)3/h1,5-8H,2-3H3,(H,12,14). The normalized spacial score (nSPS) is 8.93. The van der Waals surface area contributed by atoms with Crippen LogP contribution < -0.4 is 5.32 Å². The summed E-state index contributed by atoms with van der Waals surface area (Å²) >= 11 is 0. The van der Waals surface area contributed by atoms with Gasteiger partial charge in [0.2, 0.25) is 0 Å². The minimum absolute atomic E-state index is 0.167. The summed E-state index contributed by atoms with van der Waals surface area (Å²) in [5, 5.41) is 2.71. The van der Waals surface area contributed by atoms with E-state index in [9.17, 15) is 4.79 Å². The molecule has 1 N–H and O–H groups in total. The first-order chi connectivity index (χ1) is 6.63. The highest BCUT2D eigenvalue weighted by Crippen LogP contribution is 2.09. The third-order valence-corrected chi connectivity index (χ3v) is 1.69. The van der Waals surface area contributed by atoms with E-state index in [1.807, 2.05) is 6.07 Å².